The van der Waals surface area contributed by atoms with Crippen LogP contribution in [0.4, 0.5) is 14.5 Å². The van der Waals surface area contributed by atoms with Gasteiger partial charge >= 0.3 is 0 Å². The van der Waals surface area contributed by atoms with Crippen LogP contribution < -0.4 is 4.90 Å². The highest BCUT2D eigenvalue weighted by Gasteiger charge is 2.12. The number of halogens is 2. The van der Waals surface area contributed by atoms with Gasteiger partial charge in [-0.3, -0.25) is 0 Å². The second-order valence-electron chi connectivity index (χ2n) is 5.05. The average Bonchev–Trinajstić information content (AvgIpc) is 2.35. The lowest BCUT2D eigenvalue weighted by Crippen LogP contribution is -2.17. The molecular formula is C16H17F2NO. The molecule has 1 N–H and O–H groups in total. The Labute approximate surface area is 117 Å². The molecule has 0 aliphatic heterocycles. The topological polar surface area (TPSA) is 23.5 Å². The molecule has 2 nitrogen and oxygen atoms in total. The van der Waals surface area contributed by atoms with Crippen molar-refractivity contribution in [2.45, 2.75) is 20.4 Å². The molecule has 20 heavy (non-hydrogen) atoms. The number of hydrogen-bond acceptors (Lipinski definition) is 2. The Morgan fingerprint density at radius 2 is 1.65 bits per heavy atom. The van der Waals surface area contributed by atoms with Gasteiger partial charge in [0, 0.05) is 19.3 Å². The van der Waals surface area contributed by atoms with E-state index < -0.39 is 17.4 Å². The van der Waals surface area contributed by atoms with Crippen LogP contribution in [0.3, 0.4) is 0 Å². The lowest BCUT2D eigenvalue weighted by molar-refractivity contribution is 0.395. The lowest BCUT2D eigenvalue weighted by atomic mass is 10.1. The molecule has 0 radical (unpaired) electrons. The van der Waals surface area contributed by atoms with Crippen LogP contribution >= 0.6 is 0 Å². The molecule has 0 spiro atoms. The van der Waals surface area contributed by atoms with Crippen LogP contribution in [0.15, 0.2) is 30.3 Å². The molecule has 0 aromatic heterocycles. The maximum absolute atomic E-state index is 13.3. The third-order valence-corrected chi connectivity index (χ3v) is 3.26. The molecule has 0 bridgehead atoms. The second kappa shape index (κ2) is 5.49. The Hall–Kier alpha value is -2.10. The van der Waals surface area contributed by atoms with Gasteiger partial charge in [0.15, 0.2) is 17.4 Å². The number of phenolic OH excluding ortho intramolecular Hbond substituents is 1. The number of benzene rings is 2. The van der Waals surface area contributed by atoms with E-state index in [4.69, 9.17) is 5.11 Å². The summed E-state index contributed by atoms with van der Waals surface area (Å²) in [5.41, 5.74) is 3.75. The molecule has 0 unspecified atom stereocenters. The summed E-state index contributed by atoms with van der Waals surface area (Å²) in [4.78, 5) is 1.92. The van der Waals surface area contributed by atoms with E-state index in [1.807, 2.05) is 37.9 Å². The molecule has 106 valence electrons. The van der Waals surface area contributed by atoms with Crippen molar-refractivity contribution in [1.82, 2.24) is 0 Å². The first kappa shape index (κ1) is 14.3. The summed E-state index contributed by atoms with van der Waals surface area (Å²) in [7, 11) is 1.86. The fraction of sp³-hybridized carbons (Fsp3) is 0.250. The first-order valence-electron chi connectivity index (χ1n) is 6.33. The minimum atomic E-state index is -0.936. The van der Waals surface area contributed by atoms with Crippen molar-refractivity contribution in [1.29, 1.82) is 0 Å². The summed E-state index contributed by atoms with van der Waals surface area (Å²) in [6.45, 7) is 4.37. The molecule has 0 atom stereocenters. The van der Waals surface area contributed by atoms with E-state index in [-0.39, 0.29) is 0 Å². The average molecular weight is 277 g/mol. The van der Waals surface area contributed by atoms with Crippen LogP contribution in [-0.2, 0) is 6.54 Å². The monoisotopic (exact) mass is 277 g/mol. The van der Waals surface area contributed by atoms with Gasteiger partial charge in [0.1, 0.15) is 0 Å². The summed E-state index contributed by atoms with van der Waals surface area (Å²) >= 11 is 0. The Bertz CT molecular complexity index is 617. The Morgan fingerprint density at radius 1 is 1.05 bits per heavy atom. The quantitative estimate of drug-likeness (QED) is 0.919. The van der Waals surface area contributed by atoms with E-state index in [0.717, 1.165) is 23.4 Å². The highest BCUT2D eigenvalue weighted by atomic mass is 19.1. The predicted molar refractivity (Wildman–Crippen MR) is 76.0 cm³/mol. The molecule has 0 aliphatic rings. The second-order valence-corrected chi connectivity index (χ2v) is 5.05. The van der Waals surface area contributed by atoms with Gasteiger partial charge in [-0.2, -0.15) is 0 Å². The van der Waals surface area contributed by atoms with E-state index in [1.54, 1.807) is 0 Å². The lowest BCUT2D eigenvalue weighted by Gasteiger charge is -2.22. The normalized spacial score (nSPS) is 10.7. The van der Waals surface area contributed by atoms with Crippen LogP contribution in [0.5, 0.6) is 5.75 Å². The zero-order valence-corrected chi connectivity index (χ0v) is 11.7. The molecule has 0 aliphatic carbocycles. The van der Waals surface area contributed by atoms with Crippen LogP contribution in [0.2, 0.25) is 0 Å². The zero-order valence-electron chi connectivity index (χ0n) is 11.7. The summed E-state index contributed by atoms with van der Waals surface area (Å²) in [5.74, 6) is -2.80. The molecule has 0 amide bonds. The van der Waals surface area contributed by atoms with Crippen LogP contribution in [0.25, 0.3) is 0 Å². The van der Waals surface area contributed by atoms with Gasteiger partial charge in [0.05, 0.1) is 0 Å². The van der Waals surface area contributed by atoms with Gasteiger partial charge in [0.2, 0.25) is 0 Å². The van der Waals surface area contributed by atoms with E-state index in [1.165, 1.54) is 5.56 Å². The largest absolute Gasteiger partial charge is 0.503 e. The molecule has 0 fully saturated rings. The first-order valence-corrected chi connectivity index (χ1v) is 6.33. The maximum Gasteiger partial charge on any atom is 0.187 e. The molecule has 0 saturated heterocycles. The summed E-state index contributed by atoms with van der Waals surface area (Å²) in [6.07, 6.45) is 0. The third-order valence-electron chi connectivity index (χ3n) is 3.26. The van der Waals surface area contributed by atoms with Gasteiger partial charge in [-0.15, -0.1) is 0 Å². The van der Waals surface area contributed by atoms with Gasteiger partial charge in [0.25, 0.3) is 0 Å². The highest BCUT2D eigenvalue weighted by molar-refractivity contribution is 5.54. The van der Waals surface area contributed by atoms with Crippen molar-refractivity contribution >= 4 is 5.69 Å². The first-order chi connectivity index (χ1) is 9.38. The highest BCUT2D eigenvalue weighted by Crippen LogP contribution is 2.25. The number of nitrogens with zero attached hydrogens (tertiary/aromatic N) is 1. The molecule has 4 heteroatoms. The maximum atomic E-state index is 13.3. The third kappa shape index (κ3) is 2.90. The van der Waals surface area contributed by atoms with E-state index in [0.29, 0.717) is 12.1 Å². The van der Waals surface area contributed by atoms with Crippen molar-refractivity contribution in [2.75, 3.05) is 11.9 Å². The van der Waals surface area contributed by atoms with Crippen molar-refractivity contribution in [3.8, 4) is 5.75 Å². The number of aromatic hydroxyl groups is 1. The van der Waals surface area contributed by atoms with Crippen molar-refractivity contribution in [3.05, 3.63) is 58.7 Å². The molecule has 0 saturated carbocycles. The van der Waals surface area contributed by atoms with Crippen LogP contribution in [0.1, 0.15) is 16.7 Å². The SMILES string of the molecule is Cc1ccc(N(C)Cc2cc(F)c(O)c(F)c2)c(C)c1. The fourth-order valence-corrected chi connectivity index (χ4v) is 2.30. The van der Waals surface area contributed by atoms with Crippen molar-refractivity contribution < 1.29 is 13.9 Å². The molecule has 2 aromatic rings. The van der Waals surface area contributed by atoms with E-state index >= 15 is 0 Å². The Balaban J connectivity index is 2.25. The summed E-state index contributed by atoms with van der Waals surface area (Å²) in [5, 5.41) is 9.09. The van der Waals surface area contributed by atoms with Crippen molar-refractivity contribution in [2.24, 2.45) is 0 Å². The zero-order chi connectivity index (χ0) is 14.9. The predicted octanol–water partition coefficient (Wildman–Crippen LogP) is 3.92. The number of anilines is 1. The summed E-state index contributed by atoms with van der Waals surface area (Å²) in [6, 6.07) is 8.34. The van der Waals surface area contributed by atoms with Crippen molar-refractivity contribution in [3.63, 3.8) is 0 Å². The molecule has 0 heterocycles. The molecular weight excluding hydrogens is 260 g/mol. The van der Waals surface area contributed by atoms with Crippen LogP contribution in [-0.4, -0.2) is 12.2 Å². The van der Waals surface area contributed by atoms with Gasteiger partial charge in [-0.1, -0.05) is 17.7 Å². The Morgan fingerprint density at radius 3 is 2.20 bits per heavy atom. The smallest absolute Gasteiger partial charge is 0.187 e. The van der Waals surface area contributed by atoms with E-state index in [2.05, 4.69) is 6.07 Å². The minimum absolute atomic E-state index is 0.359. The number of rotatable bonds is 3. The van der Waals surface area contributed by atoms with E-state index in [9.17, 15) is 8.78 Å². The Kier molecular flexibility index (Phi) is 3.93. The fourth-order valence-electron chi connectivity index (χ4n) is 2.30. The standard InChI is InChI=1S/C16H17F2NO/c1-10-4-5-15(11(2)6-10)19(3)9-12-7-13(17)16(20)14(18)8-12/h4-8,20H,9H2,1-3H3. The molecule has 2 rings (SSSR count). The van der Waals surface area contributed by atoms with Gasteiger partial charge in [-0.25, -0.2) is 8.78 Å². The number of hydrogen-bond donors (Lipinski definition) is 1. The van der Waals surface area contributed by atoms with Gasteiger partial charge < -0.3 is 10.0 Å². The number of phenols is 1. The van der Waals surface area contributed by atoms with Gasteiger partial charge in [-0.05, 0) is 43.2 Å². The van der Waals surface area contributed by atoms with Crippen LogP contribution in [0, 0.1) is 25.5 Å². The summed E-state index contributed by atoms with van der Waals surface area (Å²) < 4.78 is 26.6. The molecule has 2 aromatic carbocycles. The number of aryl methyl sites for hydroxylation is 2. The minimum Gasteiger partial charge on any atom is -0.503 e.